The number of methoxy groups -OCH3 is 1. The van der Waals surface area contributed by atoms with Crippen LogP contribution in [0.15, 0.2) is 18.2 Å². The molecule has 0 heterocycles. The number of ether oxygens (including phenoxy) is 1. The largest absolute Gasteiger partial charge is 0.465 e. The molecule has 0 saturated carbocycles. The van der Waals surface area contributed by atoms with Gasteiger partial charge < -0.3 is 4.74 Å². The Bertz CT molecular complexity index is 556. The lowest BCUT2D eigenvalue weighted by Gasteiger charge is -2.21. The van der Waals surface area contributed by atoms with Gasteiger partial charge in [-0.2, -0.15) is 0 Å². The average molecular weight is 292 g/mol. The van der Waals surface area contributed by atoms with Crippen molar-refractivity contribution in [3.05, 3.63) is 28.8 Å². The van der Waals surface area contributed by atoms with Crippen LogP contribution < -0.4 is 4.31 Å². The average Bonchev–Trinajstić information content (AvgIpc) is 2.29. The first-order valence-electron chi connectivity index (χ1n) is 5.16. The zero-order valence-electron chi connectivity index (χ0n) is 10.3. The summed E-state index contributed by atoms with van der Waals surface area (Å²) in [6.45, 7) is 1.97. The van der Waals surface area contributed by atoms with Gasteiger partial charge in [0.25, 0.3) is 0 Å². The van der Waals surface area contributed by atoms with Gasteiger partial charge in [-0.05, 0) is 25.1 Å². The summed E-state index contributed by atoms with van der Waals surface area (Å²) in [5.41, 5.74) is 0.517. The molecule has 0 spiro atoms. The standard InChI is InChI=1S/C11H14ClNO4S/c1-4-13(18(3,15)16)8-5-6-10(12)9(7-8)11(14)17-2/h5-7H,4H2,1-3H3. The maximum absolute atomic E-state index is 11.6. The van der Waals surface area contributed by atoms with Crippen LogP contribution in [-0.4, -0.2) is 34.3 Å². The van der Waals surface area contributed by atoms with Crippen molar-refractivity contribution in [2.24, 2.45) is 0 Å². The normalized spacial score (nSPS) is 11.1. The molecule has 0 aromatic heterocycles. The van der Waals surface area contributed by atoms with Crippen molar-refractivity contribution < 1.29 is 17.9 Å². The molecule has 18 heavy (non-hydrogen) atoms. The third kappa shape index (κ3) is 3.14. The number of anilines is 1. The molecule has 0 unspecified atom stereocenters. The number of nitrogens with zero attached hydrogens (tertiary/aromatic N) is 1. The molecule has 0 aliphatic heterocycles. The van der Waals surface area contributed by atoms with Crippen molar-refractivity contribution in [3.8, 4) is 0 Å². The Morgan fingerprint density at radius 1 is 1.44 bits per heavy atom. The Balaban J connectivity index is 3.31. The van der Waals surface area contributed by atoms with Crippen LogP contribution in [0, 0.1) is 0 Å². The van der Waals surface area contributed by atoms with Gasteiger partial charge in [-0.1, -0.05) is 11.6 Å². The molecular formula is C11H14ClNO4S. The van der Waals surface area contributed by atoms with Crippen molar-refractivity contribution in [1.82, 2.24) is 0 Å². The second-order valence-electron chi connectivity index (χ2n) is 3.58. The monoisotopic (exact) mass is 291 g/mol. The number of carbonyl (C=O) groups is 1. The van der Waals surface area contributed by atoms with Gasteiger partial charge in [-0.15, -0.1) is 0 Å². The molecule has 100 valence electrons. The topological polar surface area (TPSA) is 63.7 Å². The van der Waals surface area contributed by atoms with Crippen molar-refractivity contribution in [3.63, 3.8) is 0 Å². The number of benzene rings is 1. The molecule has 0 aliphatic carbocycles. The third-order valence-electron chi connectivity index (χ3n) is 2.33. The fourth-order valence-corrected chi connectivity index (χ4v) is 2.70. The highest BCUT2D eigenvalue weighted by molar-refractivity contribution is 7.92. The molecule has 0 atom stereocenters. The maximum atomic E-state index is 11.6. The Labute approximate surface area is 111 Å². The van der Waals surface area contributed by atoms with Crippen molar-refractivity contribution in [2.45, 2.75) is 6.92 Å². The summed E-state index contributed by atoms with van der Waals surface area (Å²) in [5, 5.41) is 0.218. The highest BCUT2D eigenvalue weighted by atomic mass is 35.5. The molecule has 5 nitrogen and oxygen atoms in total. The highest BCUT2D eigenvalue weighted by Crippen LogP contribution is 2.25. The third-order valence-corrected chi connectivity index (χ3v) is 3.93. The summed E-state index contributed by atoms with van der Waals surface area (Å²) in [4.78, 5) is 11.5. The minimum absolute atomic E-state index is 0.138. The number of rotatable bonds is 4. The second-order valence-corrected chi connectivity index (χ2v) is 5.90. The summed E-state index contributed by atoms with van der Waals surface area (Å²) >= 11 is 5.86. The summed E-state index contributed by atoms with van der Waals surface area (Å²) < 4.78 is 28.9. The zero-order valence-corrected chi connectivity index (χ0v) is 11.9. The summed E-state index contributed by atoms with van der Waals surface area (Å²) in [5.74, 6) is -0.605. The van der Waals surface area contributed by atoms with E-state index in [1.165, 1.54) is 23.5 Å². The van der Waals surface area contributed by atoms with Crippen LogP contribution in [0.5, 0.6) is 0 Å². The minimum Gasteiger partial charge on any atom is -0.465 e. The lowest BCUT2D eigenvalue weighted by atomic mass is 10.2. The molecule has 7 heteroatoms. The summed E-state index contributed by atoms with van der Waals surface area (Å²) in [6, 6.07) is 4.41. The predicted molar refractivity (Wildman–Crippen MR) is 70.7 cm³/mol. The van der Waals surface area contributed by atoms with E-state index in [0.29, 0.717) is 5.69 Å². The Kier molecular flexibility index (Phi) is 4.59. The molecule has 0 saturated heterocycles. The molecule has 1 aromatic rings. The van der Waals surface area contributed by atoms with E-state index in [1.807, 2.05) is 0 Å². The van der Waals surface area contributed by atoms with E-state index in [4.69, 9.17) is 11.6 Å². The molecule has 1 rings (SSSR count). The molecule has 0 aliphatic rings. The van der Waals surface area contributed by atoms with E-state index in [1.54, 1.807) is 13.0 Å². The lowest BCUT2D eigenvalue weighted by Crippen LogP contribution is -2.29. The fourth-order valence-electron chi connectivity index (χ4n) is 1.54. The molecule has 0 fully saturated rings. The van der Waals surface area contributed by atoms with E-state index in [0.717, 1.165) is 6.26 Å². The Morgan fingerprint density at radius 2 is 2.06 bits per heavy atom. The van der Waals surface area contributed by atoms with Crippen molar-refractivity contribution in [2.75, 3.05) is 24.2 Å². The van der Waals surface area contributed by atoms with Crippen LogP contribution in [0.2, 0.25) is 5.02 Å². The van der Waals surface area contributed by atoms with E-state index < -0.39 is 16.0 Å². The number of hydrogen-bond acceptors (Lipinski definition) is 4. The molecule has 0 radical (unpaired) electrons. The number of esters is 1. The van der Waals surface area contributed by atoms with Gasteiger partial charge in [0.1, 0.15) is 0 Å². The molecule has 0 N–H and O–H groups in total. The van der Waals surface area contributed by atoms with Gasteiger partial charge in [-0.25, -0.2) is 13.2 Å². The van der Waals surface area contributed by atoms with Crippen LogP contribution in [0.4, 0.5) is 5.69 Å². The van der Waals surface area contributed by atoms with Gasteiger partial charge in [0, 0.05) is 6.54 Å². The van der Waals surface area contributed by atoms with Crippen LogP contribution >= 0.6 is 11.6 Å². The van der Waals surface area contributed by atoms with Crippen LogP contribution in [0.1, 0.15) is 17.3 Å². The van der Waals surface area contributed by atoms with Gasteiger partial charge in [-0.3, -0.25) is 4.31 Å². The maximum Gasteiger partial charge on any atom is 0.339 e. The highest BCUT2D eigenvalue weighted by Gasteiger charge is 2.18. The van der Waals surface area contributed by atoms with Crippen LogP contribution in [-0.2, 0) is 14.8 Å². The van der Waals surface area contributed by atoms with E-state index in [2.05, 4.69) is 4.74 Å². The van der Waals surface area contributed by atoms with Crippen LogP contribution in [0.3, 0.4) is 0 Å². The first-order valence-corrected chi connectivity index (χ1v) is 7.39. The SMILES string of the molecule is CCN(c1ccc(Cl)c(C(=O)OC)c1)S(C)(=O)=O. The van der Waals surface area contributed by atoms with E-state index >= 15 is 0 Å². The van der Waals surface area contributed by atoms with Crippen LogP contribution in [0.25, 0.3) is 0 Å². The number of hydrogen-bond donors (Lipinski definition) is 0. The Hall–Kier alpha value is -1.27. The van der Waals surface area contributed by atoms with E-state index in [-0.39, 0.29) is 17.1 Å². The first-order chi connectivity index (χ1) is 8.31. The van der Waals surface area contributed by atoms with E-state index in [9.17, 15) is 13.2 Å². The minimum atomic E-state index is -3.39. The zero-order chi connectivity index (χ0) is 13.9. The number of halogens is 1. The molecular weight excluding hydrogens is 278 g/mol. The van der Waals surface area contributed by atoms with Crippen molar-refractivity contribution in [1.29, 1.82) is 0 Å². The first kappa shape index (κ1) is 14.8. The summed E-state index contributed by atoms with van der Waals surface area (Å²) in [7, 11) is -2.16. The van der Waals surface area contributed by atoms with Gasteiger partial charge in [0.15, 0.2) is 0 Å². The van der Waals surface area contributed by atoms with Gasteiger partial charge in [0.05, 0.1) is 29.6 Å². The van der Waals surface area contributed by atoms with Crippen molar-refractivity contribution >= 4 is 33.3 Å². The number of carbonyl (C=O) groups excluding carboxylic acids is 1. The Morgan fingerprint density at radius 3 is 2.50 bits per heavy atom. The number of sulfonamides is 1. The molecule has 1 aromatic carbocycles. The fraction of sp³-hybridized carbons (Fsp3) is 0.364. The van der Waals surface area contributed by atoms with Gasteiger partial charge >= 0.3 is 5.97 Å². The lowest BCUT2D eigenvalue weighted by molar-refractivity contribution is 0.0601. The smallest absolute Gasteiger partial charge is 0.339 e. The quantitative estimate of drug-likeness (QED) is 0.795. The summed E-state index contributed by atoms with van der Waals surface area (Å²) in [6.07, 6.45) is 1.10. The second kappa shape index (κ2) is 5.58. The predicted octanol–water partition coefficient (Wildman–Crippen LogP) is 1.91. The molecule has 0 bridgehead atoms. The molecule has 0 amide bonds. The van der Waals surface area contributed by atoms with Gasteiger partial charge in [0.2, 0.25) is 10.0 Å².